The molecule has 12 heteroatoms. The first-order chi connectivity index (χ1) is 17.1. The monoisotopic (exact) mass is 524 g/mol. The van der Waals surface area contributed by atoms with Gasteiger partial charge < -0.3 is 20.1 Å². The largest absolute Gasteiger partial charge is 0.492 e. The number of nitrogens with one attached hydrogen (secondary N) is 2. The summed E-state index contributed by atoms with van der Waals surface area (Å²) in [5.41, 5.74) is 0.194. The molecule has 36 heavy (non-hydrogen) atoms. The van der Waals surface area contributed by atoms with E-state index in [9.17, 15) is 22.8 Å². The van der Waals surface area contributed by atoms with Gasteiger partial charge in [0.2, 0.25) is 5.91 Å². The second-order valence-corrected chi connectivity index (χ2v) is 8.06. The Morgan fingerprint density at radius 2 is 1.92 bits per heavy atom. The normalized spacial score (nSPS) is 11.3. The molecular weight excluding hydrogens is 501 g/mol. The van der Waals surface area contributed by atoms with Gasteiger partial charge in [0.25, 0.3) is 5.91 Å². The third-order valence-electron chi connectivity index (χ3n) is 5.05. The summed E-state index contributed by atoms with van der Waals surface area (Å²) >= 11 is 6.31. The Bertz CT molecular complexity index is 1210. The van der Waals surface area contributed by atoms with Gasteiger partial charge in [-0.05, 0) is 36.4 Å². The molecule has 3 aromatic rings. The Morgan fingerprint density at radius 1 is 1.14 bits per heavy atom. The van der Waals surface area contributed by atoms with Crippen LogP contribution in [-0.2, 0) is 22.8 Å². The van der Waals surface area contributed by atoms with Gasteiger partial charge in [-0.2, -0.15) is 18.3 Å². The van der Waals surface area contributed by atoms with E-state index >= 15 is 0 Å². The molecule has 192 valence electrons. The average Bonchev–Trinajstić information content (AvgIpc) is 3.17. The van der Waals surface area contributed by atoms with Crippen LogP contribution in [0.25, 0.3) is 11.3 Å². The quantitative estimate of drug-likeness (QED) is 0.380. The van der Waals surface area contributed by atoms with Crippen LogP contribution in [0.1, 0.15) is 22.3 Å². The van der Waals surface area contributed by atoms with Crippen LogP contribution < -0.4 is 15.4 Å². The van der Waals surface area contributed by atoms with Gasteiger partial charge in [-0.1, -0.05) is 17.7 Å². The zero-order chi connectivity index (χ0) is 26.3. The van der Waals surface area contributed by atoms with Crippen molar-refractivity contribution in [3.8, 4) is 17.0 Å². The second kappa shape index (κ2) is 11.9. The van der Waals surface area contributed by atoms with Gasteiger partial charge >= 0.3 is 6.18 Å². The molecule has 0 saturated heterocycles. The third kappa shape index (κ3) is 6.98. The molecule has 0 bridgehead atoms. The first kappa shape index (κ1) is 27.0. The second-order valence-electron chi connectivity index (χ2n) is 7.65. The predicted octanol–water partition coefficient (Wildman–Crippen LogP) is 4.54. The van der Waals surface area contributed by atoms with Gasteiger partial charge in [-0.3, -0.25) is 14.3 Å². The standard InChI is InChI=1S/C24H24ClF3N4O4/c1-32-22(19(25)14-30-32)18-13-17(6-7-20(18)36-10-8-21(33)29-9-11-35-2)31-23(34)15-4-3-5-16(12-15)24(26,27)28/h3-7,12-14H,8-11H2,1-2H3,(H,29,33)(H,31,34). The molecule has 8 nitrogen and oxygen atoms in total. The van der Waals surface area contributed by atoms with Gasteiger partial charge in [0.05, 0.1) is 42.1 Å². The van der Waals surface area contributed by atoms with Crippen molar-refractivity contribution < 1.29 is 32.2 Å². The van der Waals surface area contributed by atoms with E-state index in [2.05, 4.69) is 15.7 Å². The first-order valence-corrected chi connectivity index (χ1v) is 11.2. The molecule has 0 aliphatic heterocycles. The molecule has 2 aromatic carbocycles. The van der Waals surface area contributed by atoms with Crippen molar-refractivity contribution in [3.63, 3.8) is 0 Å². The van der Waals surface area contributed by atoms with Gasteiger partial charge in [0.1, 0.15) is 5.75 Å². The number of alkyl halides is 3. The number of nitrogens with zero attached hydrogens (tertiary/aromatic N) is 2. The van der Waals surface area contributed by atoms with Crippen LogP contribution in [0, 0.1) is 0 Å². The minimum atomic E-state index is -4.57. The third-order valence-corrected chi connectivity index (χ3v) is 5.33. The van der Waals surface area contributed by atoms with Gasteiger partial charge in [-0.25, -0.2) is 0 Å². The summed E-state index contributed by atoms with van der Waals surface area (Å²) in [5.74, 6) is -0.552. The number of carbonyl (C=O) groups is 2. The van der Waals surface area contributed by atoms with E-state index in [1.807, 2.05) is 0 Å². The van der Waals surface area contributed by atoms with Crippen molar-refractivity contribution in [2.45, 2.75) is 12.6 Å². The Labute approximate surface area is 210 Å². The molecule has 3 rings (SSSR count). The number of rotatable bonds is 10. The molecular formula is C24H24ClF3N4O4. The van der Waals surface area contributed by atoms with Crippen LogP contribution in [0.15, 0.2) is 48.7 Å². The lowest BCUT2D eigenvalue weighted by Gasteiger charge is -2.15. The van der Waals surface area contributed by atoms with Gasteiger partial charge in [-0.15, -0.1) is 0 Å². The molecule has 0 radical (unpaired) electrons. The lowest BCUT2D eigenvalue weighted by Crippen LogP contribution is -2.28. The van der Waals surface area contributed by atoms with E-state index in [1.54, 1.807) is 19.2 Å². The van der Waals surface area contributed by atoms with Crippen LogP contribution in [0.2, 0.25) is 5.02 Å². The summed E-state index contributed by atoms with van der Waals surface area (Å²) < 4.78 is 51.3. The predicted molar refractivity (Wildman–Crippen MR) is 128 cm³/mol. The van der Waals surface area contributed by atoms with Crippen molar-refractivity contribution in [1.82, 2.24) is 15.1 Å². The molecule has 0 spiro atoms. The van der Waals surface area contributed by atoms with Crippen molar-refractivity contribution >= 4 is 29.1 Å². The number of ether oxygens (including phenoxy) is 2. The van der Waals surface area contributed by atoms with Gasteiger partial charge in [0.15, 0.2) is 0 Å². The number of hydrogen-bond acceptors (Lipinski definition) is 5. The number of aryl methyl sites for hydroxylation is 1. The number of halogens is 4. The molecule has 2 amide bonds. The number of hydrogen-bond donors (Lipinski definition) is 2. The number of aromatic nitrogens is 2. The van der Waals surface area contributed by atoms with E-state index in [0.717, 1.165) is 12.1 Å². The van der Waals surface area contributed by atoms with E-state index in [1.165, 1.54) is 36.2 Å². The van der Waals surface area contributed by atoms with Crippen LogP contribution in [0.3, 0.4) is 0 Å². The van der Waals surface area contributed by atoms with E-state index in [-0.39, 0.29) is 24.5 Å². The molecule has 1 aromatic heterocycles. The summed E-state index contributed by atoms with van der Waals surface area (Å²) in [6, 6.07) is 8.81. The number of methoxy groups -OCH3 is 1. The van der Waals surface area contributed by atoms with E-state index in [4.69, 9.17) is 21.1 Å². The van der Waals surface area contributed by atoms with Crippen LogP contribution in [0.5, 0.6) is 5.75 Å². The van der Waals surface area contributed by atoms with Crippen molar-refractivity contribution in [3.05, 3.63) is 64.8 Å². The molecule has 2 N–H and O–H groups in total. The van der Waals surface area contributed by atoms with Crippen molar-refractivity contribution in [2.75, 3.05) is 32.2 Å². The lowest BCUT2D eigenvalue weighted by atomic mass is 10.1. The minimum absolute atomic E-state index is 0.0667. The minimum Gasteiger partial charge on any atom is -0.492 e. The van der Waals surface area contributed by atoms with Crippen LogP contribution in [0.4, 0.5) is 18.9 Å². The molecule has 1 heterocycles. The molecule has 0 aliphatic rings. The molecule has 0 saturated carbocycles. The highest BCUT2D eigenvalue weighted by atomic mass is 35.5. The molecule has 0 aliphatic carbocycles. The Balaban J connectivity index is 1.81. The topological polar surface area (TPSA) is 94.5 Å². The molecule has 0 unspecified atom stereocenters. The maximum atomic E-state index is 13.0. The first-order valence-electron chi connectivity index (χ1n) is 10.8. The van der Waals surface area contributed by atoms with Crippen LogP contribution in [-0.4, -0.2) is 48.5 Å². The van der Waals surface area contributed by atoms with Crippen molar-refractivity contribution in [1.29, 1.82) is 0 Å². The van der Waals surface area contributed by atoms with E-state index in [0.29, 0.717) is 40.9 Å². The zero-order valence-electron chi connectivity index (χ0n) is 19.5. The highest BCUT2D eigenvalue weighted by Gasteiger charge is 2.31. The lowest BCUT2D eigenvalue weighted by molar-refractivity contribution is -0.137. The number of carbonyl (C=O) groups excluding carboxylic acids is 2. The Kier molecular flexibility index (Phi) is 8.94. The highest BCUT2D eigenvalue weighted by molar-refractivity contribution is 6.33. The maximum Gasteiger partial charge on any atom is 0.416 e. The van der Waals surface area contributed by atoms with Gasteiger partial charge in [0, 0.05) is 37.5 Å². The zero-order valence-corrected chi connectivity index (χ0v) is 20.2. The fraction of sp³-hybridized carbons (Fsp3) is 0.292. The van der Waals surface area contributed by atoms with E-state index < -0.39 is 17.6 Å². The Morgan fingerprint density at radius 3 is 2.58 bits per heavy atom. The summed E-state index contributed by atoms with van der Waals surface area (Å²) in [7, 11) is 3.20. The number of benzene rings is 2. The smallest absolute Gasteiger partial charge is 0.416 e. The fourth-order valence-electron chi connectivity index (χ4n) is 3.31. The van der Waals surface area contributed by atoms with Crippen LogP contribution >= 0.6 is 11.6 Å². The number of amides is 2. The number of anilines is 1. The SMILES string of the molecule is COCCNC(=O)CCOc1ccc(NC(=O)c2cccc(C(F)(F)F)c2)cc1-c1c(Cl)cnn1C. The van der Waals surface area contributed by atoms with Crippen molar-refractivity contribution in [2.24, 2.45) is 7.05 Å². The summed E-state index contributed by atoms with van der Waals surface area (Å²) in [4.78, 5) is 24.6. The average molecular weight is 525 g/mol. The highest BCUT2D eigenvalue weighted by Crippen LogP contribution is 2.37. The summed E-state index contributed by atoms with van der Waals surface area (Å²) in [6.07, 6.45) is -3.03. The Hall–Kier alpha value is -3.57. The maximum absolute atomic E-state index is 13.0. The fourth-order valence-corrected chi connectivity index (χ4v) is 3.57. The molecule has 0 fully saturated rings. The summed E-state index contributed by atoms with van der Waals surface area (Å²) in [5, 5.41) is 9.73. The summed E-state index contributed by atoms with van der Waals surface area (Å²) in [6.45, 7) is 0.839. The molecule has 0 atom stereocenters.